The fraction of sp³-hybridized carbons (Fsp3) is 0. The van der Waals surface area contributed by atoms with Crippen molar-refractivity contribution in [2.24, 2.45) is 0 Å². The lowest BCUT2D eigenvalue weighted by atomic mass is 9.99. The van der Waals surface area contributed by atoms with E-state index in [1.165, 1.54) is 15.5 Å². The van der Waals surface area contributed by atoms with Crippen LogP contribution in [0.2, 0.25) is 0 Å². The van der Waals surface area contributed by atoms with Crippen LogP contribution in [0.3, 0.4) is 0 Å². The third-order valence-electron chi connectivity index (χ3n) is 11.5. The molecule has 0 aliphatic heterocycles. The van der Waals surface area contributed by atoms with Gasteiger partial charge in [-0.1, -0.05) is 170 Å². The lowest BCUT2D eigenvalue weighted by molar-refractivity contribution is 1.06. The van der Waals surface area contributed by atoms with Crippen molar-refractivity contribution >= 4 is 53.4 Å². The van der Waals surface area contributed by atoms with Gasteiger partial charge in [-0.25, -0.2) is 24.9 Å². The first kappa shape index (κ1) is 35.8. The molecular weight excluding hydrogens is 777 g/mol. The quantitative estimate of drug-likeness (QED) is 0.160. The van der Waals surface area contributed by atoms with E-state index in [1.54, 1.807) is 11.3 Å². The Kier molecular flexibility index (Phi) is 8.57. The molecule has 0 unspecified atom stereocenters. The van der Waals surface area contributed by atoms with Gasteiger partial charge >= 0.3 is 0 Å². The number of rotatable bonds is 7. The molecule has 4 heterocycles. The summed E-state index contributed by atoms with van der Waals surface area (Å²) in [4.78, 5) is 26.7. The molecule has 0 atom stereocenters. The molecule has 0 saturated heterocycles. The maximum atomic E-state index is 5.42. The fourth-order valence-corrected chi connectivity index (χ4v) is 9.78. The summed E-state index contributed by atoms with van der Waals surface area (Å²) in [6.07, 6.45) is 0. The Morgan fingerprint density at radius 1 is 0.339 bits per heavy atom. The van der Waals surface area contributed by atoms with Gasteiger partial charge in [0, 0.05) is 48.7 Å². The minimum absolute atomic E-state index is 0.542. The molecule has 12 aromatic rings. The molecule has 0 spiro atoms. The third-order valence-corrected chi connectivity index (χ3v) is 12.7. The van der Waals surface area contributed by atoms with Gasteiger partial charge in [-0.3, -0.25) is 0 Å². The monoisotopic (exact) mass is 810 g/mol. The minimum Gasteiger partial charge on any atom is -0.309 e. The average molecular weight is 811 g/mol. The van der Waals surface area contributed by atoms with Crippen LogP contribution < -0.4 is 0 Å². The zero-order valence-electron chi connectivity index (χ0n) is 33.2. The van der Waals surface area contributed by atoms with Crippen LogP contribution in [-0.2, 0) is 0 Å². The van der Waals surface area contributed by atoms with Gasteiger partial charge in [0.15, 0.2) is 23.3 Å². The Bertz CT molecular complexity index is 3580. The van der Waals surface area contributed by atoms with Crippen LogP contribution in [0.5, 0.6) is 0 Å². The van der Waals surface area contributed by atoms with Crippen LogP contribution in [0.4, 0.5) is 0 Å². The van der Waals surface area contributed by atoms with Crippen molar-refractivity contribution in [2.75, 3.05) is 0 Å². The molecule has 8 aromatic carbocycles. The van der Waals surface area contributed by atoms with Crippen LogP contribution >= 0.6 is 11.3 Å². The van der Waals surface area contributed by atoms with E-state index in [4.69, 9.17) is 24.9 Å². The molecule has 6 nitrogen and oxygen atoms in total. The van der Waals surface area contributed by atoms with E-state index in [0.717, 1.165) is 77.0 Å². The first-order valence-corrected chi connectivity index (χ1v) is 21.4. The molecule has 4 aromatic heterocycles. The van der Waals surface area contributed by atoms with Crippen molar-refractivity contribution in [1.29, 1.82) is 0 Å². The van der Waals surface area contributed by atoms with Gasteiger partial charge in [0.05, 0.1) is 32.6 Å². The molecule has 0 N–H and O–H groups in total. The summed E-state index contributed by atoms with van der Waals surface area (Å²) in [6.45, 7) is 0. The minimum atomic E-state index is 0.542. The highest BCUT2D eigenvalue weighted by Crippen LogP contribution is 2.42. The van der Waals surface area contributed by atoms with E-state index in [2.05, 4.69) is 174 Å². The lowest BCUT2D eigenvalue weighted by Crippen LogP contribution is -2.05. The summed E-state index contributed by atoms with van der Waals surface area (Å²) in [5.41, 5.74) is 11.6. The number of nitrogens with zero attached hydrogens (tertiary/aromatic N) is 6. The highest BCUT2D eigenvalue weighted by Gasteiger charge is 2.23. The summed E-state index contributed by atoms with van der Waals surface area (Å²) in [7, 11) is 0. The van der Waals surface area contributed by atoms with Crippen molar-refractivity contribution < 1.29 is 0 Å². The summed E-state index contributed by atoms with van der Waals surface area (Å²) in [5.74, 6) is 2.34. The zero-order chi connectivity index (χ0) is 41.0. The van der Waals surface area contributed by atoms with E-state index < -0.39 is 0 Å². The van der Waals surface area contributed by atoms with Crippen molar-refractivity contribution in [1.82, 2.24) is 29.5 Å². The Morgan fingerprint density at radius 2 is 0.855 bits per heavy atom. The second-order valence-electron chi connectivity index (χ2n) is 15.2. The molecule has 0 aliphatic rings. The molecular formula is C55H34N6S. The third kappa shape index (κ3) is 6.06. The highest BCUT2D eigenvalue weighted by molar-refractivity contribution is 7.26. The number of thiophene rings is 1. The molecule has 62 heavy (non-hydrogen) atoms. The van der Waals surface area contributed by atoms with Crippen LogP contribution in [0.1, 0.15) is 0 Å². The topological polar surface area (TPSA) is 69.4 Å². The number of fused-ring (bicyclic) bond motifs is 6. The number of para-hydroxylation sites is 2. The van der Waals surface area contributed by atoms with Crippen molar-refractivity contribution in [2.45, 2.75) is 0 Å². The van der Waals surface area contributed by atoms with E-state index >= 15 is 0 Å². The van der Waals surface area contributed by atoms with E-state index in [9.17, 15) is 0 Å². The Hall–Kier alpha value is -8.13. The van der Waals surface area contributed by atoms with Crippen molar-refractivity contribution in [3.63, 3.8) is 0 Å². The largest absolute Gasteiger partial charge is 0.309 e. The highest BCUT2D eigenvalue weighted by atomic mass is 32.1. The molecule has 0 aliphatic carbocycles. The molecule has 290 valence electrons. The Labute approximate surface area is 361 Å². The van der Waals surface area contributed by atoms with Gasteiger partial charge in [-0.15, -0.1) is 11.3 Å². The Balaban J connectivity index is 1.17. The number of hydrogen-bond acceptors (Lipinski definition) is 6. The average Bonchev–Trinajstić information content (AvgIpc) is 3.90. The number of hydrogen-bond donors (Lipinski definition) is 0. The molecule has 0 bridgehead atoms. The van der Waals surface area contributed by atoms with Gasteiger partial charge in [-0.2, -0.15) is 0 Å². The first-order valence-electron chi connectivity index (χ1n) is 20.6. The predicted octanol–water partition coefficient (Wildman–Crippen LogP) is 14.1. The van der Waals surface area contributed by atoms with E-state index in [0.29, 0.717) is 23.3 Å². The van der Waals surface area contributed by atoms with Gasteiger partial charge in [-0.05, 0) is 47.5 Å². The first-order chi connectivity index (χ1) is 30.7. The van der Waals surface area contributed by atoms with Crippen molar-refractivity contribution in [3.8, 4) is 73.6 Å². The summed E-state index contributed by atoms with van der Waals surface area (Å²) >= 11 is 1.73. The molecule has 0 saturated carbocycles. The second-order valence-corrected chi connectivity index (χ2v) is 16.3. The molecule has 0 amide bonds. The normalized spacial score (nSPS) is 11.5. The summed E-state index contributed by atoms with van der Waals surface area (Å²) in [6, 6.07) is 71.4. The van der Waals surface area contributed by atoms with Crippen LogP contribution in [0.15, 0.2) is 206 Å². The summed E-state index contributed by atoms with van der Waals surface area (Å²) in [5, 5.41) is 3.45. The fourth-order valence-electron chi connectivity index (χ4n) is 8.62. The van der Waals surface area contributed by atoms with Crippen LogP contribution in [0.25, 0.3) is 116 Å². The lowest BCUT2D eigenvalue weighted by Gasteiger charge is -2.17. The summed E-state index contributed by atoms with van der Waals surface area (Å²) < 4.78 is 4.57. The smallest absolute Gasteiger partial charge is 0.166 e. The molecule has 0 radical (unpaired) electrons. The molecule has 7 heteroatoms. The number of aromatic nitrogens is 6. The SMILES string of the molecule is c1ccc(-c2nc(-c3ccccc3-c3ccccc3)nc(-c3cc(-c4nc(-c5ccccc5)c5sc6ccccc6c5n4)ccc3-n3c4ccccc4c4ccccc43)n2)cc1. The van der Waals surface area contributed by atoms with Gasteiger partial charge in [0.25, 0.3) is 0 Å². The predicted molar refractivity (Wildman–Crippen MR) is 255 cm³/mol. The van der Waals surface area contributed by atoms with Gasteiger partial charge in [0.2, 0.25) is 0 Å². The molecule has 0 fully saturated rings. The number of benzene rings is 8. The molecule has 12 rings (SSSR count). The van der Waals surface area contributed by atoms with Crippen LogP contribution in [0, 0.1) is 0 Å². The zero-order valence-corrected chi connectivity index (χ0v) is 34.0. The van der Waals surface area contributed by atoms with E-state index in [1.807, 2.05) is 36.4 Å². The van der Waals surface area contributed by atoms with Crippen LogP contribution in [-0.4, -0.2) is 29.5 Å². The van der Waals surface area contributed by atoms with E-state index in [-0.39, 0.29) is 0 Å². The Morgan fingerprint density at radius 3 is 1.55 bits per heavy atom. The maximum Gasteiger partial charge on any atom is 0.166 e. The second kappa shape index (κ2) is 14.9. The van der Waals surface area contributed by atoms with Crippen molar-refractivity contribution in [3.05, 3.63) is 206 Å². The standard InChI is InChI=1S/C55H34N6S/c1-4-18-35(19-5-1)39-24-10-11-27-42(39)54-58-52(37-22-8-3-9-23-37)59-55(60-54)44-34-38(32-33-47(44)61-45-29-15-12-25-40(45)41-26-13-16-30-46(41)61)53-56-49(36-20-6-2-7-21-36)51-50(57-53)43-28-14-17-31-48(43)62-51/h1-34H. The van der Waals surface area contributed by atoms with Gasteiger partial charge < -0.3 is 4.57 Å². The maximum absolute atomic E-state index is 5.42. The van der Waals surface area contributed by atoms with Gasteiger partial charge in [0.1, 0.15) is 0 Å².